The molecule has 2 aromatic rings. The summed E-state index contributed by atoms with van der Waals surface area (Å²) < 4.78 is 0. The van der Waals surface area contributed by atoms with Crippen LogP contribution in [0.3, 0.4) is 0 Å². The second-order valence-electron chi connectivity index (χ2n) is 3.59. The van der Waals surface area contributed by atoms with Gasteiger partial charge in [0.25, 0.3) is 0 Å². The van der Waals surface area contributed by atoms with Crippen molar-refractivity contribution in [3.63, 3.8) is 0 Å². The lowest BCUT2D eigenvalue weighted by molar-refractivity contribution is 0.801. The third-order valence-corrected chi connectivity index (χ3v) is 2.28. The molecule has 3 heteroatoms. The van der Waals surface area contributed by atoms with Crippen molar-refractivity contribution < 1.29 is 0 Å². The maximum absolute atomic E-state index is 5.61. The molecule has 0 saturated heterocycles. The summed E-state index contributed by atoms with van der Waals surface area (Å²) in [7, 11) is 0. The van der Waals surface area contributed by atoms with E-state index in [1.807, 2.05) is 54.6 Å². The second-order valence-corrected chi connectivity index (χ2v) is 3.59. The quantitative estimate of drug-likeness (QED) is 0.540. The van der Waals surface area contributed by atoms with Gasteiger partial charge in [-0.1, -0.05) is 30.3 Å². The molecule has 4 N–H and O–H groups in total. The van der Waals surface area contributed by atoms with Crippen molar-refractivity contribution >= 4 is 11.4 Å². The number of hydrazine groups is 1. The molecule has 3 nitrogen and oxygen atoms in total. The van der Waals surface area contributed by atoms with Crippen LogP contribution in [0, 0.1) is 0 Å². The fourth-order valence-electron chi connectivity index (χ4n) is 1.41. The summed E-state index contributed by atoms with van der Waals surface area (Å²) in [5.41, 5.74) is 14.9. The van der Waals surface area contributed by atoms with E-state index in [4.69, 9.17) is 5.73 Å². The Morgan fingerprint density at radius 1 is 0.875 bits per heavy atom. The van der Waals surface area contributed by atoms with Crippen LogP contribution in [0.2, 0.25) is 0 Å². The SMILES string of the molecule is Nc1ccc(CNNc2ccccc2)cc1. The maximum atomic E-state index is 5.61. The minimum atomic E-state index is 0.759. The molecule has 0 atom stereocenters. The number of hydrogen-bond acceptors (Lipinski definition) is 3. The van der Waals surface area contributed by atoms with Crippen LogP contribution in [-0.2, 0) is 6.54 Å². The number of hydrogen-bond donors (Lipinski definition) is 3. The van der Waals surface area contributed by atoms with Crippen LogP contribution < -0.4 is 16.6 Å². The van der Waals surface area contributed by atoms with Crippen LogP contribution in [-0.4, -0.2) is 0 Å². The molecular weight excluding hydrogens is 198 g/mol. The molecule has 0 aliphatic rings. The molecular formula is C13H15N3. The molecule has 0 aliphatic carbocycles. The van der Waals surface area contributed by atoms with E-state index in [1.165, 1.54) is 5.56 Å². The van der Waals surface area contributed by atoms with Gasteiger partial charge in [-0.3, -0.25) is 0 Å². The minimum Gasteiger partial charge on any atom is -0.399 e. The Hall–Kier alpha value is -2.00. The average molecular weight is 213 g/mol. The highest BCUT2D eigenvalue weighted by Gasteiger charge is 1.92. The van der Waals surface area contributed by atoms with E-state index in [0.29, 0.717) is 0 Å². The number of rotatable bonds is 4. The first-order chi connectivity index (χ1) is 7.84. The van der Waals surface area contributed by atoms with Crippen LogP contribution in [0.25, 0.3) is 0 Å². The molecule has 2 aromatic carbocycles. The first-order valence-corrected chi connectivity index (χ1v) is 5.23. The highest BCUT2D eigenvalue weighted by Crippen LogP contribution is 2.06. The molecule has 0 spiro atoms. The highest BCUT2D eigenvalue weighted by atomic mass is 15.3. The molecule has 0 heterocycles. The Labute approximate surface area is 95.3 Å². The largest absolute Gasteiger partial charge is 0.399 e. The van der Waals surface area contributed by atoms with E-state index in [-0.39, 0.29) is 0 Å². The fraction of sp³-hybridized carbons (Fsp3) is 0.0769. The van der Waals surface area contributed by atoms with Gasteiger partial charge in [-0.05, 0) is 29.8 Å². The Kier molecular flexibility index (Phi) is 3.41. The van der Waals surface area contributed by atoms with Gasteiger partial charge < -0.3 is 11.2 Å². The van der Waals surface area contributed by atoms with Gasteiger partial charge in [0.15, 0.2) is 0 Å². The van der Waals surface area contributed by atoms with E-state index in [9.17, 15) is 0 Å². The van der Waals surface area contributed by atoms with Crippen LogP contribution in [0.5, 0.6) is 0 Å². The van der Waals surface area contributed by atoms with Crippen molar-refractivity contribution in [2.75, 3.05) is 11.2 Å². The molecule has 0 unspecified atom stereocenters. The third kappa shape index (κ3) is 3.00. The Morgan fingerprint density at radius 2 is 1.56 bits per heavy atom. The zero-order valence-corrected chi connectivity index (χ0v) is 8.98. The first kappa shape index (κ1) is 10.5. The van der Waals surface area contributed by atoms with Crippen molar-refractivity contribution in [2.45, 2.75) is 6.54 Å². The number of nitrogens with one attached hydrogen (secondary N) is 2. The molecule has 0 amide bonds. The molecule has 0 bridgehead atoms. The van der Waals surface area contributed by atoms with Crippen LogP contribution in [0.4, 0.5) is 11.4 Å². The smallest absolute Gasteiger partial charge is 0.0487 e. The number of anilines is 2. The van der Waals surface area contributed by atoms with Gasteiger partial charge in [0.2, 0.25) is 0 Å². The van der Waals surface area contributed by atoms with E-state index >= 15 is 0 Å². The van der Waals surface area contributed by atoms with Crippen molar-refractivity contribution in [1.29, 1.82) is 0 Å². The summed E-state index contributed by atoms with van der Waals surface area (Å²) in [5.74, 6) is 0. The standard InChI is InChI=1S/C13H15N3/c14-12-8-6-11(7-9-12)10-15-16-13-4-2-1-3-5-13/h1-9,15-16H,10,14H2. The first-order valence-electron chi connectivity index (χ1n) is 5.23. The van der Waals surface area contributed by atoms with Gasteiger partial charge in [-0.15, -0.1) is 0 Å². The topological polar surface area (TPSA) is 50.1 Å². The van der Waals surface area contributed by atoms with Gasteiger partial charge in [0.1, 0.15) is 0 Å². The molecule has 82 valence electrons. The van der Waals surface area contributed by atoms with Gasteiger partial charge in [-0.25, -0.2) is 5.43 Å². The summed E-state index contributed by atoms with van der Waals surface area (Å²) in [6.07, 6.45) is 0. The third-order valence-electron chi connectivity index (χ3n) is 2.28. The lowest BCUT2D eigenvalue weighted by atomic mass is 10.2. The predicted octanol–water partition coefficient (Wildman–Crippen LogP) is 2.39. The van der Waals surface area contributed by atoms with E-state index in [2.05, 4.69) is 10.9 Å². The van der Waals surface area contributed by atoms with Gasteiger partial charge in [0, 0.05) is 17.9 Å². The molecule has 0 aromatic heterocycles. The second kappa shape index (κ2) is 5.19. The van der Waals surface area contributed by atoms with E-state index in [0.717, 1.165) is 17.9 Å². The van der Waals surface area contributed by atoms with Crippen molar-refractivity contribution in [3.8, 4) is 0 Å². The number of benzene rings is 2. The van der Waals surface area contributed by atoms with Gasteiger partial charge >= 0.3 is 0 Å². The van der Waals surface area contributed by atoms with E-state index in [1.54, 1.807) is 0 Å². The number of nitrogen functional groups attached to an aromatic ring is 1. The zero-order valence-electron chi connectivity index (χ0n) is 8.98. The van der Waals surface area contributed by atoms with Crippen molar-refractivity contribution in [1.82, 2.24) is 5.43 Å². The van der Waals surface area contributed by atoms with Gasteiger partial charge in [0.05, 0.1) is 0 Å². The lowest BCUT2D eigenvalue weighted by Crippen LogP contribution is -2.20. The van der Waals surface area contributed by atoms with Crippen LogP contribution in [0.15, 0.2) is 54.6 Å². The average Bonchev–Trinajstić information content (AvgIpc) is 2.33. The van der Waals surface area contributed by atoms with Crippen molar-refractivity contribution in [2.24, 2.45) is 0 Å². The molecule has 0 radical (unpaired) electrons. The zero-order chi connectivity index (χ0) is 11.2. The Morgan fingerprint density at radius 3 is 2.25 bits per heavy atom. The fourth-order valence-corrected chi connectivity index (χ4v) is 1.41. The van der Waals surface area contributed by atoms with Crippen LogP contribution >= 0.6 is 0 Å². The summed E-state index contributed by atoms with van der Waals surface area (Å²) >= 11 is 0. The molecule has 2 rings (SSSR count). The summed E-state index contributed by atoms with van der Waals surface area (Å²) in [4.78, 5) is 0. The summed E-state index contributed by atoms with van der Waals surface area (Å²) in [6.45, 7) is 0.759. The Balaban J connectivity index is 1.82. The normalized spacial score (nSPS) is 10.0. The lowest BCUT2D eigenvalue weighted by Gasteiger charge is -2.08. The van der Waals surface area contributed by atoms with Crippen molar-refractivity contribution in [3.05, 3.63) is 60.2 Å². The summed E-state index contributed by atoms with van der Waals surface area (Å²) in [5, 5.41) is 0. The monoisotopic (exact) mass is 213 g/mol. The predicted molar refractivity (Wildman–Crippen MR) is 67.8 cm³/mol. The Bertz CT molecular complexity index is 423. The number of para-hydroxylation sites is 1. The molecule has 0 saturated carbocycles. The molecule has 0 aliphatic heterocycles. The van der Waals surface area contributed by atoms with Crippen LogP contribution in [0.1, 0.15) is 5.56 Å². The number of nitrogens with two attached hydrogens (primary N) is 1. The van der Waals surface area contributed by atoms with Gasteiger partial charge in [-0.2, -0.15) is 0 Å². The highest BCUT2D eigenvalue weighted by molar-refractivity contribution is 5.42. The molecule has 16 heavy (non-hydrogen) atoms. The minimum absolute atomic E-state index is 0.759. The molecule has 0 fully saturated rings. The van der Waals surface area contributed by atoms with E-state index < -0.39 is 0 Å². The maximum Gasteiger partial charge on any atom is 0.0487 e. The summed E-state index contributed by atoms with van der Waals surface area (Å²) in [6, 6.07) is 17.8.